The molecule has 0 aromatic carbocycles. The third-order valence-corrected chi connectivity index (χ3v) is 5.43. The highest BCUT2D eigenvalue weighted by Crippen LogP contribution is 2.24. The second-order valence-electron chi connectivity index (χ2n) is 7.27. The molecule has 7 heteroatoms. The SMILES string of the molecule is O=C(O)CN1CCC(N2CCC[C@H](C(=O)NCc3ccccn3)C2)CC1. The first-order valence-electron chi connectivity index (χ1n) is 9.47. The van der Waals surface area contributed by atoms with Crippen molar-refractivity contribution in [1.29, 1.82) is 0 Å². The molecule has 26 heavy (non-hydrogen) atoms. The van der Waals surface area contributed by atoms with Gasteiger partial charge in [0.2, 0.25) is 5.91 Å². The fourth-order valence-corrected chi connectivity index (χ4v) is 4.01. The smallest absolute Gasteiger partial charge is 0.317 e. The first kappa shape index (κ1) is 18.8. The Morgan fingerprint density at radius 3 is 2.69 bits per heavy atom. The van der Waals surface area contributed by atoms with Crippen LogP contribution in [-0.4, -0.2) is 70.5 Å². The van der Waals surface area contributed by atoms with Crippen LogP contribution in [0.2, 0.25) is 0 Å². The molecule has 1 atom stereocenters. The van der Waals surface area contributed by atoms with Crippen LogP contribution in [0.5, 0.6) is 0 Å². The average Bonchev–Trinajstić information content (AvgIpc) is 2.67. The number of hydrogen-bond donors (Lipinski definition) is 2. The Hall–Kier alpha value is -1.99. The van der Waals surface area contributed by atoms with Gasteiger partial charge in [-0.15, -0.1) is 0 Å². The van der Waals surface area contributed by atoms with Gasteiger partial charge >= 0.3 is 5.97 Å². The van der Waals surface area contributed by atoms with Gasteiger partial charge in [0.15, 0.2) is 0 Å². The van der Waals surface area contributed by atoms with Crippen LogP contribution in [0.1, 0.15) is 31.4 Å². The maximum Gasteiger partial charge on any atom is 0.317 e. The highest BCUT2D eigenvalue weighted by atomic mass is 16.4. The van der Waals surface area contributed by atoms with Crippen molar-refractivity contribution in [2.45, 2.75) is 38.3 Å². The number of carbonyl (C=O) groups excluding carboxylic acids is 1. The number of pyridine rings is 1. The Balaban J connectivity index is 1.45. The molecule has 3 heterocycles. The van der Waals surface area contributed by atoms with E-state index in [0.717, 1.165) is 57.6 Å². The van der Waals surface area contributed by atoms with Gasteiger partial charge in [0.1, 0.15) is 0 Å². The predicted molar refractivity (Wildman–Crippen MR) is 97.5 cm³/mol. The normalized spacial score (nSPS) is 22.8. The van der Waals surface area contributed by atoms with Crippen LogP contribution in [-0.2, 0) is 16.1 Å². The van der Waals surface area contributed by atoms with Crippen molar-refractivity contribution in [2.75, 3.05) is 32.7 Å². The van der Waals surface area contributed by atoms with E-state index in [4.69, 9.17) is 5.11 Å². The summed E-state index contributed by atoms with van der Waals surface area (Å²) in [5, 5.41) is 11.9. The third-order valence-electron chi connectivity index (χ3n) is 5.43. The number of carboxylic acid groups (broad SMARTS) is 1. The maximum atomic E-state index is 12.5. The van der Waals surface area contributed by atoms with E-state index in [2.05, 4.69) is 15.2 Å². The summed E-state index contributed by atoms with van der Waals surface area (Å²) >= 11 is 0. The van der Waals surface area contributed by atoms with E-state index in [-0.39, 0.29) is 18.4 Å². The Bertz CT molecular complexity index is 602. The number of amides is 1. The topological polar surface area (TPSA) is 85.8 Å². The maximum absolute atomic E-state index is 12.5. The van der Waals surface area contributed by atoms with Crippen LogP contribution in [0, 0.1) is 5.92 Å². The second-order valence-corrected chi connectivity index (χ2v) is 7.27. The largest absolute Gasteiger partial charge is 0.480 e. The van der Waals surface area contributed by atoms with Gasteiger partial charge in [0, 0.05) is 31.9 Å². The average molecular weight is 360 g/mol. The molecule has 142 valence electrons. The minimum Gasteiger partial charge on any atom is -0.480 e. The summed E-state index contributed by atoms with van der Waals surface area (Å²) in [4.78, 5) is 32.0. The number of nitrogens with zero attached hydrogens (tertiary/aromatic N) is 3. The lowest BCUT2D eigenvalue weighted by atomic mass is 9.93. The number of nitrogens with one attached hydrogen (secondary N) is 1. The molecule has 0 bridgehead atoms. The molecule has 2 saturated heterocycles. The van der Waals surface area contributed by atoms with Crippen LogP contribution in [0.3, 0.4) is 0 Å². The summed E-state index contributed by atoms with van der Waals surface area (Å²) in [5.74, 6) is -0.612. The summed E-state index contributed by atoms with van der Waals surface area (Å²) in [7, 11) is 0. The zero-order valence-electron chi connectivity index (χ0n) is 15.1. The lowest BCUT2D eigenvalue weighted by molar-refractivity contribution is -0.139. The summed E-state index contributed by atoms with van der Waals surface area (Å²) < 4.78 is 0. The Kier molecular flexibility index (Phi) is 6.57. The molecule has 2 aliphatic heterocycles. The molecular formula is C19H28N4O3. The van der Waals surface area contributed by atoms with Gasteiger partial charge in [-0.1, -0.05) is 6.07 Å². The van der Waals surface area contributed by atoms with Gasteiger partial charge in [-0.25, -0.2) is 0 Å². The Morgan fingerprint density at radius 2 is 2.00 bits per heavy atom. The number of aromatic nitrogens is 1. The molecule has 0 radical (unpaired) electrons. The first-order chi connectivity index (χ1) is 12.6. The molecular weight excluding hydrogens is 332 g/mol. The number of carbonyl (C=O) groups is 2. The van der Waals surface area contributed by atoms with Crippen molar-refractivity contribution in [1.82, 2.24) is 20.1 Å². The predicted octanol–water partition coefficient (Wildman–Crippen LogP) is 0.959. The van der Waals surface area contributed by atoms with Crippen LogP contribution >= 0.6 is 0 Å². The molecule has 1 aromatic rings. The summed E-state index contributed by atoms with van der Waals surface area (Å²) in [6.07, 6.45) is 5.67. The van der Waals surface area contributed by atoms with Crippen LogP contribution in [0.25, 0.3) is 0 Å². The fourth-order valence-electron chi connectivity index (χ4n) is 4.01. The van der Waals surface area contributed by atoms with Crippen LogP contribution in [0.15, 0.2) is 24.4 Å². The van der Waals surface area contributed by atoms with E-state index in [9.17, 15) is 9.59 Å². The summed E-state index contributed by atoms with van der Waals surface area (Å²) in [6.45, 7) is 4.09. The molecule has 2 fully saturated rings. The van der Waals surface area contributed by atoms with Gasteiger partial charge in [-0.05, 0) is 44.4 Å². The lowest BCUT2D eigenvalue weighted by Crippen LogP contribution is -2.51. The number of aliphatic carboxylic acids is 1. The molecule has 7 nitrogen and oxygen atoms in total. The van der Waals surface area contributed by atoms with Crippen molar-refractivity contribution >= 4 is 11.9 Å². The van der Waals surface area contributed by atoms with Gasteiger partial charge in [0.25, 0.3) is 0 Å². The number of hydrogen-bond acceptors (Lipinski definition) is 5. The number of likely N-dealkylation sites (tertiary alicyclic amines) is 2. The molecule has 1 amide bonds. The highest BCUT2D eigenvalue weighted by Gasteiger charge is 2.31. The molecule has 0 saturated carbocycles. The van der Waals surface area contributed by atoms with Gasteiger partial charge in [-0.2, -0.15) is 0 Å². The zero-order valence-corrected chi connectivity index (χ0v) is 15.1. The summed E-state index contributed by atoms with van der Waals surface area (Å²) in [5.41, 5.74) is 0.874. The van der Waals surface area contributed by atoms with Crippen LogP contribution < -0.4 is 5.32 Å². The number of carboxylic acids is 1. The lowest BCUT2D eigenvalue weighted by Gasteiger charge is -2.41. The van der Waals surface area contributed by atoms with Gasteiger partial charge in [-0.3, -0.25) is 24.4 Å². The van der Waals surface area contributed by atoms with Crippen molar-refractivity contribution < 1.29 is 14.7 Å². The number of rotatable bonds is 6. The minimum absolute atomic E-state index is 0.0320. The zero-order chi connectivity index (χ0) is 18.4. The van der Waals surface area contributed by atoms with Crippen molar-refractivity contribution in [3.05, 3.63) is 30.1 Å². The van der Waals surface area contributed by atoms with Crippen molar-refractivity contribution in [3.63, 3.8) is 0 Å². The number of piperidine rings is 2. The van der Waals surface area contributed by atoms with E-state index in [1.54, 1.807) is 6.20 Å². The first-order valence-corrected chi connectivity index (χ1v) is 9.47. The highest BCUT2D eigenvalue weighted by molar-refractivity contribution is 5.78. The quantitative estimate of drug-likeness (QED) is 0.786. The minimum atomic E-state index is -0.758. The van der Waals surface area contributed by atoms with E-state index in [1.807, 2.05) is 23.1 Å². The second kappa shape index (κ2) is 9.09. The van der Waals surface area contributed by atoms with E-state index < -0.39 is 5.97 Å². The standard InChI is InChI=1S/C19H28N4O3/c24-18(25)14-22-10-6-17(7-11-22)23-9-3-4-15(13-23)19(26)21-12-16-5-1-2-8-20-16/h1-2,5,8,15,17H,3-4,6-7,9-14H2,(H,21,26)(H,24,25)/t15-/m0/s1. The third kappa shape index (κ3) is 5.25. The van der Waals surface area contributed by atoms with Gasteiger partial charge < -0.3 is 10.4 Å². The van der Waals surface area contributed by atoms with Crippen molar-refractivity contribution in [3.8, 4) is 0 Å². The Morgan fingerprint density at radius 1 is 1.19 bits per heavy atom. The van der Waals surface area contributed by atoms with Crippen LogP contribution in [0.4, 0.5) is 0 Å². The van der Waals surface area contributed by atoms with E-state index in [0.29, 0.717) is 12.6 Å². The Labute approximate surface area is 154 Å². The molecule has 2 aliphatic rings. The molecule has 0 spiro atoms. The molecule has 2 N–H and O–H groups in total. The molecule has 0 unspecified atom stereocenters. The van der Waals surface area contributed by atoms with Gasteiger partial charge in [0.05, 0.1) is 24.7 Å². The fraction of sp³-hybridized carbons (Fsp3) is 0.632. The molecule has 3 rings (SSSR count). The van der Waals surface area contributed by atoms with E-state index >= 15 is 0 Å². The molecule has 1 aromatic heterocycles. The summed E-state index contributed by atoms with van der Waals surface area (Å²) in [6, 6.07) is 6.17. The molecule has 0 aliphatic carbocycles. The monoisotopic (exact) mass is 360 g/mol. The van der Waals surface area contributed by atoms with Crippen molar-refractivity contribution in [2.24, 2.45) is 5.92 Å². The van der Waals surface area contributed by atoms with E-state index in [1.165, 1.54) is 0 Å².